The van der Waals surface area contributed by atoms with Crippen molar-refractivity contribution in [2.75, 3.05) is 5.32 Å². The topological polar surface area (TPSA) is 68.8 Å². The monoisotopic (exact) mass is 261 g/mol. The van der Waals surface area contributed by atoms with Gasteiger partial charge in [0, 0.05) is 5.69 Å². The summed E-state index contributed by atoms with van der Waals surface area (Å²) in [6.07, 6.45) is 2.79. The molecule has 0 aliphatic carbocycles. The number of hydrogen-bond donors (Lipinski definition) is 2. The van der Waals surface area contributed by atoms with E-state index in [4.69, 9.17) is 18.0 Å². The molecule has 2 rings (SSSR count). The van der Waals surface area contributed by atoms with Gasteiger partial charge in [-0.25, -0.2) is 4.68 Å². The van der Waals surface area contributed by atoms with Gasteiger partial charge in [0.25, 0.3) is 0 Å². The first kappa shape index (κ1) is 12.5. The molecule has 0 saturated heterocycles. The smallest absolute Gasteiger partial charge is 0.168 e. The second kappa shape index (κ2) is 5.14. The summed E-state index contributed by atoms with van der Waals surface area (Å²) in [7, 11) is 0. The number of benzene rings is 1. The number of anilines is 1. The summed E-state index contributed by atoms with van der Waals surface area (Å²) in [4.78, 5) is 0. The Hall–Kier alpha value is -1.95. The highest BCUT2D eigenvalue weighted by atomic mass is 32.1. The van der Waals surface area contributed by atoms with Crippen molar-refractivity contribution >= 4 is 23.0 Å². The Morgan fingerprint density at radius 2 is 2.28 bits per heavy atom. The van der Waals surface area contributed by atoms with E-state index in [1.165, 1.54) is 0 Å². The van der Waals surface area contributed by atoms with E-state index in [2.05, 4.69) is 15.6 Å². The number of aryl methyl sites for hydroxylation is 2. The van der Waals surface area contributed by atoms with Crippen LogP contribution < -0.4 is 11.1 Å². The molecule has 0 bridgehead atoms. The Bertz CT molecular complexity index is 576. The Morgan fingerprint density at radius 3 is 2.89 bits per heavy atom. The standard InChI is InChI=1S/C12H15N5S/c1-3-9-7-17(16-15-9)11-6-10(14-12(13)18)5-4-8(11)2/h4-7H,3H2,1-2H3,(H3,13,14,18). The zero-order valence-electron chi connectivity index (χ0n) is 10.3. The van der Waals surface area contributed by atoms with Crippen molar-refractivity contribution in [3.05, 3.63) is 35.7 Å². The van der Waals surface area contributed by atoms with Crippen molar-refractivity contribution in [1.82, 2.24) is 15.0 Å². The van der Waals surface area contributed by atoms with Crippen molar-refractivity contribution in [3.8, 4) is 5.69 Å². The number of hydrogen-bond acceptors (Lipinski definition) is 3. The predicted octanol–water partition coefficient (Wildman–Crippen LogP) is 1.79. The van der Waals surface area contributed by atoms with E-state index in [9.17, 15) is 0 Å². The van der Waals surface area contributed by atoms with Gasteiger partial charge in [-0.15, -0.1) is 5.10 Å². The van der Waals surface area contributed by atoms with E-state index in [0.29, 0.717) is 0 Å². The first-order valence-corrected chi connectivity index (χ1v) is 6.09. The number of nitrogens with one attached hydrogen (secondary N) is 1. The quantitative estimate of drug-likeness (QED) is 0.824. The number of aromatic nitrogens is 3. The third-order valence-electron chi connectivity index (χ3n) is 2.63. The maximum atomic E-state index is 5.46. The first-order valence-electron chi connectivity index (χ1n) is 5.69. The van der Waals surface area contributed by atoms with Crippen LogP contribution in [0, 0.1) is 6.92 Å². The Kier molecular flexibility index (Phi) is 3.57. The minimum Gasteiger partial charge on any atom is -0.376 e. The van der Waals surface area contributed by atoms with Gasteiger partial charge < -0.3 is 11.1 Å². The molecule has 0 aliphatic heterocycles. The third-order valence-corrected chi connectivity index (χ3v) is 2.73. The highest BCUT2D eigenvalue weighted by molar-refractivity contribution is 7.80. The molecule has 0 radical (unpaired) electrons. The summed E-state index contributed by atoms with van der Waals surface area (Å²) in [5, 5.41) is 11.4. The van der Waals surface area contributed by atoms with Crippen LogP contribution in [0.4, 0.5) is 5.69 Å². The molecule has 0 spiro atoms. The molecule has 1 aromatic carbocycles. The second-order valence-corrected chi connectivity index (χ2v) is 4.44. The van der Waals surface area contributed by atoms with Gasteiger partial charge in [0.05, 0.1) is 17.6 Å². The lowest BCUT2D eigenvalue weighted by Gasteiger charge is -2.09. The van der Waals surface area contributed by atoms with Crippen molar-refractivity contribution in [2.45, 2.75) is 20.3 Å². The molecule has 3 N–H and O–H groups in total. The molecule has 0 amide bonds. The summed E-state index contributed by atoms with van der Waals surface area (Å²) in [5.41, 5.74) is 9.34. The fourth-order valence-electron chi connectivity index (χ4n) is 1.65. The van der Waals surface area contributed by atoms with Crippen molar-refractivity contribution in [2.24, 2.45) is 5.73 Å². The second-order valence-electron chi connectivity index (χ2n) is 4.00. The minimum atomic E-state index is 0.248. The summed E-state index contributed by atoms with van der Waals surface area (Å²) >= 11 is 4.83. The fourth-order valence-corrected chi connectivity index (χ4v) is 1.77. The van der Waals surface area contributed by atoms with Crippen LogP contribution in [0.5, 0.6) is 0 Å². The molecule has 18 heavy (non-hydrogen) atoms. The molecule has 1 aromatic heterocycles. The normalized spacial score (nSPS) is 10.3. The van der Waals surface area contributed by atoms with Gasteiger partial charge in [-0.3, -0.25) is 0 Å². The van der Waals surface area contributed by atoms with Gasteiger partial charge in [0.15, 0.2) is 5.11 Å². The summed E-state index contributed by atoms with van der Waals surface area (Å²) in [6.45, 7) is 4.07. The Morgan fingerprint density at radius 1 is 1.50 bits per heavy atom. The van der Waals surface area contributed by atoms with Gasteiger partial charge in [-0.1, -0.05) is 18.2 Å². The molecular formula is C12H15N5S. The molecule has 5 nitrogen and oxygen atoms in total. The van der Waals surface area contributed by atoms with E-state index >= 15 is 0 Å². The maximum Gasteiger partial charge on any atom is 0.168 e. The van der Waals surface area contributed by atoms with Gasteiger partial charge in [0.2, 0.25) is 0 Å². The van der Waals surface area contributed by atoms with Gasteiger partial charge >= 0.3 is 0 Å². The average molecular weight is 261 g/mol. The van der Waals surface area contributed by atoms with Crippen LogP contribution in [0.3, 0.4) is 0 Å². The number of nitrogens with zero attached hydrogens (tertiary/aromatic N) is 3. The van der Waals surface area contributed by atoms with E-state index < -0.39 is 0 Å². The highest BCUT2D eigenvalue weighted by Crippen LogP contribution is 2.18. The lowest BCUT2D eigenvalue weighted by atomic mass is 10.2. The minimum absolute atomic E-state index is 0.248. The number of thiocarbonyl (C=S) groups is 1. The van der Waals surface area contributed by atoms with Gasteiger partial charge in [-0.05, 0) is 43.3 Å². The van der Waals surface area contributed by atoms with Crippen LogP contribution in [-0.2, 0) is 6.42 Å². The lowest BCUT2D eigenvalue weighted by Crippen LogP contribution is -2.19. The van der Waals surface area contributed by atoms with Crippen molar-refractivity contribution in [3.63, 3.8) is 0 Å². The molecule has 6 heteroatoms. The number of rotatable bonds is 3. The summed E-state index contributed by atoms with van der Waals surface area (Å²) in [6, 6.07) is 5.86. The largest absolute Gasteiger partial charge is 0.376 e. The van der Waals surface area contributed by atoms with Crippen molar-refractivity contribution in [1.29, 1.82) is 0 Å². The van der Waals surface area contributed by atoms with E-state index in [1.54, 1.807) is 4.68 Å². The zero-order chi connectivity index (χ0) is 13.1. The molecule has 0 unspecified atom stereocenters. The average Bonchev–Trinajstić information content (AvgIpc) is 2.79. The van der Waals surface area contributed by atoms with E-state index in [1.807, 2.05) is 38.2 Å². The molecule has 0 atom stereocenters. The van der Waals surface area contributed by atoms with Crippen LogP contribution in [0.15, 0.2) is 24.4 Å². The molecule has 0 fully saturated rings. The fraction of sp³-hybridized carbons (Fsp3) is 0.250. The summed E-state index contributed by atoms with van der Waals surface area (Å²) in [5.74, 6) is 0. The Balaban J connectivity index is 2.39. The van der Waals surface area contributed by atoms with Crippen LogP contribution in [0.1, 0.15) is 18.2 Å². The molecule has 1 heterocycles. The van der Waals surface area contributed by atoms with Crippen LogP contribution in [0.25, 0.3) is 5.69 Å². The molecule has 0 aliphatic rings. The summed E-state index contributed by atoms with van der Waals surface area (Å²) < 4.78 is 1.76. The predicted molar refractivity (Wildman–Crippen MR) is 75.9 cm³/mol. The van der Waals surface area contributed by atoms with Crippen molar-refractivity contribution < 1.29 is 0 Å². The van der Waals surface area contributed by atoms with Crippen LogP contribution in [0.2, 0.25) is 0 Å². The lowest BCUT2D eigenvalue weighted by molar-refractivity contribution is 0.794. The molecule has 94 valence electrons. The molecule has 0 saturated carbocycles. The first-order chi connectivity index (χ1) is 8.60. The van der Waals surface area contributed by atoms with Crippen LogP contribution >= 0.6 is 12.2 Å². The van der Waals surface area contributed by atoms with Gasteiger partial charge in [-0.2, -0.15) is 0 Å². The van der Waals surface area contributed by atoms with Gasteiger partial charge in [0.1, 0.15) is 0 Å². The highest BCUT2D eigenvalue weighted by Gasteiger charge is 2.06. The van der Waals surface area contributed by atoms with E-state index in [0.717, 1.165) is 29.1 Å². The SMILES string of the molecule is CCc1cn(-c2cc(NC(N)=S)ccc2C)nn1. The van der Waals surface area contributed by atoms with Crippen LogP contribution in [-0.4, -0.2) is 20.1 Å². The number of nitrogens with two attached hydrogens (primary N) is 1. The van der Waals surface area contributed by atoms with E-state index in [-0.39, 0.29) is 5.11 Å². The Labute approximate surface area is 111 Å². The molecular weight excluding hydrogens is 246 g/mol. The maximum absolute atomic E-state index is 5.46. The zero-order valence-corrected chi connectivity index (χ0v) is 11.2. The third kappa shape index (κ3) is 2.65. The molecule has 2 aromatic rings.